The van der Waals surface area contributed by atoms with Crippen LogP contribution in [0, 0.1) is 17.5 Å². The van der Waals surface area contributed by atoms with Crippen molar-refractivity contribution < 1.29 is 21.6 Å². The Hall–Kier alpha value is -2.33. The van der Waals surface area contributed by atoms with Gasteiger partial charge in [0.15, 0.2) is 11.6 Å². The summed E-state index contributed by atoms with van der Waals surface area (Å²) in [6, 6.07) is 2.88. The van der Waals surface area contributed by atoms with Gasteiger partial charge in [0.25, 0.3) is 10.0 Å². The Labute approximate surface area is 117 Å². The zero-order valence-electron chi connectivity index (χ0n) is 10.3. The van der Waals surface area contributed by atoms with Gasteiger partial charge in [-0.3, -0.25) is 4.72 Å². The Morgan fingerprint density at radius 1 is 1.10 bits per heavy atom. The highest BCUT2D eigenvalue weighted by Crippen LogP contribution is 2.24. The molecule has 2 aromatic rings. The number of halogens is 3. The van der Waals surface area contributed by atoms with Crippen molar-refractivity contribution in [1.29, 1.82) is 0 Å². The second-order valence-electron chi connectivity index (χ2n) is 3.87. The number of nitrogens with two attached hydrogens (primary N) is 1. The first kappa shape index (κ1) is 15.1. The molecule has 0 unspecified atom stereocenters. The molecule has 112 valence electrons. The molecule has 1 heterocycles. The van der Waals surface area contributed by atoms with Crippen LogP contribution < -0.4 is 16.0 Å². The van der Waals surface area contributed by atoms with Crippen LogP contribution in [0.15, 0.2) is 35.4 Å². The molecule has 0 aliphatic carbocycles. The fraction of sp³-hybridized carbons (Fsp3) is 0. The van der Waals surface area contributed by atoms with E-state index in [-0.39, 0.29) is 10.7 Å². The summed E-state index contributed by atoms with van der Waals surface area (Å²) in [7, 11) is -4.29. The number of nitrogens with one attached hydrogen (secondary N) is 2. The largest absolute Gasteiger partial charge is 0.308 e. The average Bonchev–Trinajstić information content (AvgIpc) is 2.43. The van der Waals surface area contributed by atoms with Gasteiger partial charge in [-0.05, 0) is 6.07 Å². The van der Waals surface area contributed by atoms with Crippen molar-refractivity contribution in [3.05, 3.63) is 47.9 Å². The molecule has 10 heteroatoms. The number of benzene rings is 1. The number of anilines is 2. The Balaban J connectivity index is 2.42. The Morgan fingerprint density at radius 3 is 2.29 bits per heavy atom. The quantitative estimate of drug-likeness (QED) is 0.587. The lowest BCUT2D eigenvalue weighted by atomic mass is 10.3. The van der Waals surface area contributed by atoms with E-state index in [1.165, 1.54) is 0 Å². The topological polar surface area (TPSA) is 97.1 Å². The van der Waals surface area contributed by atoms with Crippen LogP contribution in [0.5, 0.6) is 0 Å². The van der Waals surface area contributed by atoms with Crippen molar-refractivity contribution in [2.24, 2.45) is 5.84 Å². The minimum atomic E-state index is -4.29. The van der Waals surface area contributed by atoms with Gasteiger partial charge in [0, 0.05) is 24.4 Å². The molecule has 1 aromatic heterocycles. The summed E-state index contributed by atoms with van der Waals surface area (Å²) in [4.78, 5) is 3.37. The van der Waals surface area contributed by atoms with Crippen LogP contribution in [0.25, 0.3) is 0 Å². The minimum Gasteiger partial charge on any atom is -0.308 e. The first-order chi connectivity index (χ1) is 9.83. The summed E-state index contributed by atoms with van der Waals surface area (Å²) in [5, 5.41) is 0. The van der Waals surface area contributed by atoms with E-state index in [1.807, 2.05) is 0 Å². The van der Waals surface area contributed by atoms with Crippen molar-refractivity contribution in [2.45, 2.75) is 4.90 Å². The summed E-state index contributed by atoms with van der Waals surface area (Å²) in [5.41, 5.74) is 1.16. The van der Waals surface area contributed by atoms with Crippen LogP contribution in [0.3, 0.4) is 0 Å². The van der Waals surface area contributed by atoms with E-state index in [2.05, 4.69) is 10.4 Å². The Morgan fingerprint density at radius 2 is 1.71 bits per heavy atom. The molecule has 0 atom stereocenters. The Kier molecular flexibility index (Phi) is 4.00. The van der Waals surface area contributed by atoms with Gasteiger partial charge in [-0.25, -0.2) is 32.4 Å². The lowest BCUT2D eigenvalue weighted by molar-refractivity contribution is 0.547. The molecule has 0 radical (unpaired) electrons. The normalized spacial score (nSPS) is 11.2. The SMILES string of the molecule is NNc1cc(S(=O)(=O)Nc2c(F)cc(F)cc2F)ccn1. The van der Waals surface area contributed by atoms with Gasteiger partial charge in [0.1, 0.15) is 17.3 Å². The number of nitrogen functional groups attached to an aromatic ring is 1. The average molecular weight is 318 g/mol. The lowest BCUT2D eigenvalue weighted by Gasteiger charge is -2.10. The second-order valence-corrected chi connectivity index (χ2v) is 5.55. The van der Waals surface area contributed by atoms with Crippen molar-refractivity contribution in [3.8, 4) is 0 Å². The van der Waals surface area contributed by atoms with Crippen molar-refractivity contribution in [2.75, 3.05) is 10.1 Å². The zero-order valence-corrected chi connectivity index (χ0v) is 11.1. The fourth-order valence-corrected chi connectivity index (χ4v) is 2.58. The van der Waals surface area contributed by atoms with Gasteiger partial charge in [-0.1, -0.05) is 0 Å². The lowest BCUT2D eigenvalue weighted by Crippen LogP contribution is -2.16. The van der Waals surface area contributed by atoms with Crippen LogP contribution in [0.2, 0.25) is 0 Å². The third kappa shape index (κ3) is 3.23. The maximum absolute atomic E-state index is 13.5. The fourth-order valence-electron chi connectivity index (χ4n) is 1.49. The third-order valence-corrected chi connectivity index (χ3v) is 3.78. The molecule has 0 aliphatic rings. The van der Waals surface area contributed by atoms with E-state index in [0.29, 0.717) is 12.1 Å². The Bertz CT molecular complexity index is 760. The maximum atomic E-state index is 13.5. The summed E-state index contributed by atoms with van der Waals surface area (Å²) < 4.78 is 65.4. The predicted octanol–water partition coefficient (Wildman–Crippen LogP) is 1.59. The van der Waals surface area contributed by atoms with Crippen LogP contribution in [0.4, 0.5) is 24.7 Å². The number of hydrogen-bond acceptors (Lipinski definition) is 5. The minimum absolute atomic E-state index is 0.0397. The van der Waals surface area contributed by atoms with Gasteiger partial charge in [-0.15, -0.1) is 0 Å². The molecule has 4 N–H and O–H groups in total. The highest BCUT2D eigenvalue weighted by molar-refractivity contribution is 7.92. The van der Waals surface area contributed by atoms with E-state index in [0.717, 1.165) is 18.3 Å². The molecule has 6 nitrogen and oxygen atoms in total. The smallest absolute Gasteiger partial charge is 0.262 e. The highest BCUT2D eigenvalue weighted by atomic mass is 32.2. The molecule has 0 bridgehead atoms. The van der Waals surface area contributed by atoms with E-state index < -0.39 is 33.2 Å². The number of sulfonamides is 1. The van der Waals surface area contributed by atoms with E-state index in [4.69, 9.17) is 5.84 Å². The summed E-state index contributed by atoms with van der Waals surface area (Å²) in [6.45, 7) is 0. The number of nitrogens with zero attached hydrogens (tertiary/aromatic N) is 1. The molecular weight excluding hydrogens is 309 g/mol. The molecule has 0 aliphatic heterocycles. The highest BCUT2D eigenvalue weighted by Gasteiger charge is 2.20. The first-order valence-electron chi connectivity index (χ1n) is 5.43. The first-order valence-corrected chi connectivity index (χ1v) is 6.92. The number of pyridine rings is 1. The van der Waals surface area contributed by atoms with E-state index in [9.17, 15) is 21.6 Å². The molecule has 21 heavy (non-hydrogen) atoms. The number of rotatable bonds is 4. The van der Waals surface area contributed by atoms with E-state index in [1.54, 1.807) is 4.72 Å². The summed E-state index contributed by atoms with van der Waals surface area (Å²) in [6.07, 6.45) is 1.14. The zero-order chi connectivity index (χ0) is 15.6. The predicted molar refractivity (Wildman–Crippen MR) is 69.2 cm³/mol. The van der Waals surface area contributed by atoms with Crippen LogP contribution >= 0.6 is 0 Å². The van der Waals surface area contributed by atoms with Crippen molar-refractivity contribution in [3.63, 3.8) is 0 Å². The van der Waals surface area contributed by atoms with Gasteiger partial charge < -0.3 is 5.43 Å². The summed E-state index contributed by atoms with van der Waals surface area (Å²) in [5.74, 6) is 1.22. The van der Waals surface area contributed by atoms with Crippen LogP contribution in [-0.4, -0.2) is 13.4 Å². The molecule has 2 rings (SSSR count). The molecule has 1 aromatic carbocycles. The van der Waals surface area contributed by atoms with Gasteiger partial charge >= 0.3 is 0 Å². The second kappa shape index (κ2) is 5.58. The van der Waals surface area contributed by atoms with Crippen molar-refractivity contribution in [1.82, 2.24) is 4.98 Å². The molecule has 0 saturated carbocycles. The van der Waals surface area contributed by atoms with Crippen molar-refractivity contribution >= 4 is 21.5 Å². The molecule has 0 amide bonds. The molecule has 0 saturated heterocycles. The van der Waals surface area contributed by atoms with Gasteiger partial charge in [-0.2, -0.15) is 0 Å². The number of hydrogen-bond donors (Lipinski definition) is 3. The van der Waals surface area contributed by atoms with E-state index >= 15 is 0 Å². The molecule has 0 fully saturated rings. The maximum Gasteiger partial charge on any atom is 0.262 e. The number of hydrazine groups is 1. The third-order valence-electron chi connectivity index (χ3n) is 2.43. The van der Waals surface area contributed by atoms with Gasteiger partial charge in [0.05, 0.1) is 4.90 Å². The molecule has 0 spiro atoms. The molecular formula is C11H9F3N4O2S. The number of aromatic nitrogens is 1. The van der Waals surface area contributed by atoms with Crippen LogP contribution in [-0.2, 0) is 10.0 Å². The summed E-state index contributed by atoms with van der Waals surface area (Å²) >= 11 is 0. The standard InChI is InChI=1S/C11H9F3N4O2S/c12-6-3-8(13)11(9(14)4-6)18-21(19,20)7-1-2-16-10(5-7)17-15/h1-5,18H,15H2,(H,16,17). The van der Waals surface area contributed by atoms with Gasteiger partial charge in [0.2, 0.25) is 0 Å². The monoisotopic (exact) mass is 318 g/mol. The van der Waals surface area contributed by atoms with Crippen LogP contribution in [0.1, 0.15) is 0 Å².